The molecule has 0 radical (unpaired) electrons. The number of urea groups is 1. The molecule has 1 saturated heterocycles. The number of piperidine rings is 1. The van der Waals surface area contributed by atoms with Crippen LogP contribution in [0.3, 0.4) is 0 Å². The summed E-state index contributed by atoms with van der Waals surface area (Å²) in [6.45, 7) is 1.39. The summed E-state index contributed by atoms with van der Waals surface area (Å²) >= 11 is 0. The van der Waals surface area contributed by atoms with E-state index in [1.165, 1.54) is 0 Å². The van der Waals surface area contributed by atoms with Gasteiger partial charge >= 0.3 is 6.03 Å². The number of rotatable bonds is 2. The lowest BCUT2D eigenvalue weighted by Gasteiger charge is -2.30. The fourth-order valence-corrected chi connectivity index (χ4v) is 2.52. The lowest BCUT2D eigenvalue weighted by Crippen LogP contribution is -2.47. The summed E-state index contributed by atoms with van der Waals surface area (Å²) in [5.41, 5.74) is 7.63. The number of benzene rings is 1. The second-order valence-corrected chi connectivity index (χ2v) is 5.28. The summed E-state index contributed by atoms with van der Waals surface area (Å²) in [6, 6.07) is 9.46. The van der Waals surface area contributed by atoms with Gasteiger partial charge in [0.05, 0.1) is 5.69 Å². The molecule has 3 rings (SSSR count). The van der Waals surface area contributed by atoms with Crippen LogP contribution in [0.1, 0.15) is 12.8 Å². The van der Waals surface area contributed by atoms with Gasteiger partial charge in [-0.1, -0.05) is 0 Å². The molecule has 21 heavy (non-hydrogen) atoms. The first kappa shape index (κ1) is 13.6. The summed E-state index contributed by atoms with van der Waals surface area (Å²) in [7, 11) is 0. The smallest absolute Gasteiger partial charge is 0.321 e. The maximum absolute atomic E-state index is 12.2. The number of hydrogen-bond acceptors (Lipinski definition) is 3. The number of likely N-dealkylation sites (tertiary alicyclic amines) is 1. The Bertz CT molecular complexity index is 593. The highest BCUT2D eigenvalue weighted by Gasteiger charge is 2.21. The molecule has 0 unspecified atom stereocenters. The van der Waals surface area contributed by atoms with Crippen LogP contribution < -0.4 is 11.1 Å². The Morgan fingerprint density at radius 1 is 1.33 bits per heavy atom. The number of nitrogens with zero attached hydrogens (tertiary/aromatic N) is 3. The quantitative estimate of drug-likeness (QED) is 0.883. The predicted molar refractivity (Wildman–Crippen MR) is 81.4 cm³/mol. The molecule has 0 bridgehead atoms. The van der Waals surface area contributed by atoms with E-state index in [9.17, 15) is 4.79 Å². The van der Waals surface area contributed by atoms with Gasteiger partial charge in [-0.15, -0.1) is 0 Å². The molecule has 1 fully saturated rings. The van der Waals surface area contributed by atoms with E-state index in [0.29, 0.717) is 6.54 Å². The zero-order valence-electron chi connectivity index (χ0n) is 11.8. The van der Waals surface area contributed by atoms with E-state index < -0.39 is 0 Å². The molecule has 6 nitrogen and oxygen atoms in total. The third kappa shape index (κ3) is 3.22. The van der Waals surface area contributed by atoms with Crippen LogP contribution in [0.5, 0.6) is 0 Å². The first-order valence-corrected chi connectivity index (χ1v) is 7.14. The summed E-state index contributed by atoms with van der Waals surface area (Å²) in [5.74, 6) is 0. The van der Waals surface area contributed by atoms with Gasteiger partial charge in [-0.2, -0.15) is 5.10 Å². The summed E-state index contributed by atoms with van der Waals surface area (Å²) in [5, 5.41) is 7.07. The van der Waals surface area contributed by atoms with Crippen molar-refractivity contribution in [3.05, 3.63) is 42.7 Å². The maximum Gasteiger partial charge on any atom is 0.321 e. The zero-order chi connectivity index (χ0) is 14.7. The maximum atomic E-state index is 12.2. The van der Waals surface area contributed by atoms with E-state index >= 15 is 0 Å². The molecule has 2 heterocycles. The van der Waals surface area contributed by atoms with Crippen molar-refractivity contribution >= 4 is 11.7 Å². The fraction of sp³-hybridized carbons (Fsp3) is 0.333. The Kier molecular flexibility index (Phi) is 3.87. The van der Waals surface area contributed by atoms with Gasteiger partial charge in [-0.05, 0) is 43.2 Å². The van der Waals surface area contributed by atoms with E-state index in [1.807, 2.05) is 36.5 Å². The van der Waals surface area contributed by atoms with Gasteiger partial charge in [0.15, 0.2) is 0 Å². The van der Waals surface area contributed by atoms with Crippen LogP contribution in [0.4, 0.5) is 10.5 Å². The van der Waals surface area contributed by atoms with Crippen molar-refractivity contribution in [2.45, 2.75) is 18.9 Å². The Balaban J connectivity index is 1.63. The minimum atomic E-state index is -0.0861. The van der Waals surface area contributed by atoms with Gasteiger partial charge in [0.25, 0.3) is 0 Å². The van der Waals surface area contributed by atoms with Gasteiger partial charge in [-0.3, -0.25) is 0 Å². The van der Waals surface area contributed by atoms with E-state index in [0.717, 1.165) is 30.8 Å². The largest absolute Gasteiger partial charge is 0.326 e. The Hall–Kier alpha value is -2.34. The van der Waals surface area contributed by atoms with Gasteiger partial charge < -0.3 is 16.0 Å². The molecular weight excluding hydrogens is 266 g/mol. The molecule has 6 heteroatoms. The second kappa shape index (κ2) is 5.97. The van der Waals surface area contributed by atoms with Gasteiger partial charge in [0, 0.05) is 37.2 Å². The molecule has 2 amide bonds. The van der Waals surface area contributed by atoms with Crippen molar-refractivity contribution in [1.82, 2.24) is 14.7 Å². The SMILES string of the molecule is N[C@@H]1CCCN(C(=O)Nc2ccc(-n3cccn3)cc2)C1. The van der Waals surface area contributed by atoms with Crippen LogP contribution in [0.25, 0.3) is 5.69 Å². The predicted octanol–water partition coefficient (Wildman–Crippen LogP) is 1.83. The highest BCUT2D eigenvalue weighted by atomic mass is 16.2. The molecule has 0 aliphatic carbocycles. The molecular formula is C15H19N5O. The number of aromatic nitrogens is 2. The molecule has 1 atom stereocenters. The Morgan fingerprint density at radius 2 is 2.14 bits per heavy atom. The summed E-state index contributed by atoms with van der Waals surface area (Å²) in [4.78, 5) is 13.9. The first-order valence-electron chi connectivity index (χ1n) is 7.14. The van der Waals surface area contributed by atoms with E-state index in [4.69, 9.17) is 5.73 Å². The first-order chi connectivity index (χ1) is 10.2. The molecule has 1 aromatic carbocycles. The second-order valence-electron chi connectivity index (χ2n) is 5.28. The lowest BCUT2D eigenvalue weighted by atomic mass is 10.1. The van der Waals surface area contributed by atoms with Gasteiger partial charge in [0.1, 0.15) is 0 Å². The molecule has 110 valence electrons. The standard InChI is InChI=1S/C15H19N5O/c16-12-3-1-9-19(11-12)15(21)18-13-4-6-14(7-5-13)20-10-2-8-17-20/h2,4-8,10,12H,1,3,9,11,16H2,(H,18,21)/t12-/m1/s1. The van der Waals surface area contributed by atoms with Crippen LogP contribution in [0.15, 0.2) is 42.7 Å². The van der Waals surface area contributed by atoms with Gasteiger partial charge in [-0.25, -0.2) is 9.48 Å². The topological polar surface area (TPSA) is 76.2 Å². The van der Waals surface area contributed by atoms with Crippen molar-refractivity contribution in [2.24, 2.45) is 5.73 Å². The van der Waals surface area contributed by atoms with Gasteiger partial charge in [0.2, 0.25) is 0 Å². The van der Waals surface area contributed by atoms with Crippen molar-refractivity contribution in [3.8, 4) is 5.69 Å². The molecule has 1 aliphatic rings. The molecule has 2 aromatic rings. The molecule has 1 aliphatic heterocycles. The molecule has 1 aromatic heterocycles. The van der Waals surface area contributed by atoms with Crippen LogP contribution >= 0.6 is 0 Å². The number of carbonyl (C=O) groups is 1. The summed E-state index contributed by atoms with van der Waals surface area (Å²) in [6.07, 6.45) is 5.56. The summed E-state index contributed by atoms with van der Waals surface area (Å²) < 4.78 is 1.77. The Morgan fingerprint density at radius 3 is 2.81 bits per heavy atom. The minimum absolute atomic E-state index is 0.0861. The number of amides is 2. The minimum Gasteiger partial charge on any atom is -0.326 e. The number of nitrogens with one attached hydrogen (secondary N) is 1. The molecule has 0 spiro atoms. The van der Waals surface area contributed by atoms with Crippen LogP contribution in [-0.2, 0) is 0 Å². The monoisotopic (exact) mass is 285 g/mol. The number of carbonyl (C=O) groups excluding carboxylic acids is 1. The number of nitrogens with two attached hydrogens (primary N) is 1. The third-order valence-electron chi connectivity index (χ3n) is 3.63. The Labute approximate surface area is 123 Å². The van der Waals surface area contributed by atoms with Crippen LogP contribution in [0.2, 0.25) is 0 Å². The van der Waals surface area contributed by atoms with Crippen molar-refractivity contribution in [3.63, 3.8) is 0 Å². The molecule has 3 N–H and O–H groups in total. The van der Waals surface area contributed by atoms with Crippen LogP contribution in [0, 0.1) is 0 Å². The number of hydrogen-bond donors (Lipinski definition) is 2. The number of anilines is 1. The van der Waals surface area contributed by atoms with Crippen molar-refractivity contribution < 1.29 is 4.79 Å². The average molecular weight is 285 g/mol. The molecule has 0 saturated carbocycles. The van der Waals surface area contributed by atoms with E-state index in [1.54, 1.807) is 15.8 Å². The van der Waals surface area contributed by atoms with E-state index in [2.05, 4.69) is 10.4 Å². The zero-order valence-corrected chi connectivity index (χ0v) is 11.8. The highest BCUT2D eigenvalue weighted by molar-refractivity contribution is 5.89. The van der Waals surface area contributed by atoms with E-state index in [-0.39, 0.29) is 12.1 Å². The fourth-order valence-electron chi connectivity index (χ4n) is 2.52. The lowest BCUT2D eigenvalue weighted by molar-refractivity contribution is 0.193. The third-order valence-corrected chi connectivity index (χ3v) is 3.63. The van der Waals surface area contributed by atoms with Crippen molar-refractivity contribution in [1.29, 1.82) is 0 Å². The average Bonchev–Trinajstić information content (AvgIpc) is 3.02. The van der Waals surface area contributed by atoms with Crippen LogP contribution in [-0.4, -0.2) is 39.8 Å². The highest BCUT2D eigenvalue weighted by Crippen LogP contribution is 2.15. The van der Waals surface area contributed by atoms with Crippen molar-refractivity contribution in [2.75, 3.05) is 18.4 Å². The normalized spacial score (nSPS) is 18.5.